The highest BCUT2D eigenvalue weighted by molar-refractivity contribution is 5.95. The summed E-state index contributed by atoms with van der Waals surface area (Å²) in [6.07, 6.45) is 2.88. The standard InChI is InChI=1S/C19H19NO2/c1-3-14-6-4-5-7-17(14)20-19(21)11-15-12-22-18-9-8-13(2)10-16(15)18/h4-10,12H,3,11H2,1-2H3,(H,20,21). The van der Waals surface area contributed by atoms with Crippen LogP contribution in [-0.2, 0) is 17.6 Å². The summed E-state index contributed by atoms with van der Waals surface area (Å²) in [7, 11) is 0. The Labute approximate surface area is 130 Å². The molecule has 3 nitrogen and oxygen atoms in total. The Bertz CT molecular complexity index is 817. The Morgan fingerprint density at radius 1 is 1.14 bits per heavy atom. The molecule has 0 unspecified atom stereocenters. The van der Waals surface area contributed by atoms with Gasteiger partial charge in [-0.2, -0.15) is 0 Å². The van der Waals surface area contributed by atoms with Crippen LogP contribution >= 0.6 is 0 Å². The molecule has 0 atom stereocenters. The number of hydrogen-bond donors (Lipinski definition) is 1. The Hall–Kier alpha value is -2.55. The molecule has 0 aliphatic heterocycles. The van der Waals surface area contributed by atoms with Gasteiger partial charge in [-0.15, -0.1) is 0 Å². The summed E-state index contributed by atoms with van der Waals surface area (Å²) in [6, 6.07) is 13.9. The van der Waals surface area contributed by atoms with Crippen molar-refractivity contribution in [1.82, 2.24) is 0 Å². The Balaban J connectivity index is 1.80. The highest BCUT2D eigenvalue weighted by atomic mass is 16.3. The molecule has 1 N–H and O–H groups in total. The normalized spacial score (nSPS) is 10.8. The van der Waals surface area contributed by atoms with E-state index in [-0.39, 0.29) is 5.91 Å². The van der Waals surface area contributed by atoms with Crippen molar-refractivity contribution in [3.63, 3.8) is 0 Å². The number of furan rings is 1. The lowest BCUT2D eigenvalue weighted by Gasteiger charge is -2.09. The number of benzene rings is 2. The number of nitrogens with one attached hydrogen (secondary N) is 1. The van der Waals surface area contributed by atoms with Crippen molar-refractivity contribution >= 4 is 22.6 Å². The predicted octanol–water partition coefficient (Wildman–Crippen LogP) is 4.48. The third kappa shape index (κ3) is 2.89. The molecule has 0 spiro atoms. The average molecular weight is 293 g/mol. The second-order valence-corrected chi connectivity index (χ2v) is 5.50. The van der Waals surface area contributed by atoms with Crippen LogP contribution in [0, 0.1) is 6.92 Å². The fraction of sp³-hybridized carbons (Fsp3) is 0.211. The Morgan fingerprint density at radius 3 is 2.77 bits per heavy atom. The van der Waals surface area contributed by atoms with E-state index in [2.05, 4.69) is 18.3 Å². The lowest BCUT2D eigenvalue weighted by atomic mass is 10.1. The topological polar surface area (TPSA) is 42.2 Å². The van der Waals surface area contributed by atoms with Crippen LogP contribution in [0.5, 0.6) is 0 Å². The van der Waals surface area contributed by atoms with Crippen LogP contribution in [0.1, 0.15) is 23.6 Å². The van der Waals surface area contributed by atoms with Crippen LogP contribution in [0.3, 0.4) is 0 Å². The summed E-state index contributed by atoms with van der Waals surface area (Å²) in [5, 5.41) is 4.01. The molecule has 0 saturated heterocycles. The minimum absolute atomic E-state index is 0.0230. The van der Waals surface area contributed by atoms with Gasteiger partial charge in [0.1, 0.15) is 5.58 Å². The van der Waals surface area contributed by atoms with Gasteiger partial charge in [0.2, 0.25) is 5.91 Å². The van der Waals surface area contributed by atoms with Crippen molar-refractivity contribution in [2.45, 2.75) is 26.7 Å². The molecule has 1 amide bonds. The molecule has 0 aliphatic rings. The minimum Gasteiger partial charge on any atom is -0.464 e. The summed E-state index contributed by atoms with van der Waals surface area (Å²) < 4.78 is 5.52. The molecule has 0 radical (unpaired) electrons. The average Bonchev–Trinajstić information content (AvgIpc) is 2.90. The van der Waals surface area contributed by atoms with Crippen LogP contribution in [0.2, 0.25) is 0 Å². The fourth-order valence-corrected chi connectivity index (χ4v) is 2.65. The first kappa shape index (κ1) is 14.4. The van der Waals surface area contributed by atoms with Gasteiger partial charge in [-0.3, -0.25) is 4.79 Å². The molecular weight excluding hydrogens is 274 g/mol. The number of hydrogen-bond acceptors (Lipinski definition) is 2. The monoisotopic (exact) mass is 293 g/mol. The number of carbonyl (C=O) groups is 1. The maximum absolute atomic E-state index is 12.3. The highest BCUT2D eigenvalue weighted by Gasteiger charge is 2.11. The van der Waals surface area contributed by atoms with Crippen molar-refractivity contribution in [3.8, 4) is 0 Å². The van der Waals surface area contributed by atoms with Gasteiger partial charge in [0, 0.05) is 16.6 Å². The summed E-state index contributed by atoms with van der Waals surface area (Å²) in [4.78, 5) is 12.3. The van der Waals surface area contributed by atoms with Crippen LogP contribution in [0.15, 0.2) is 53.1 Å². The molecule has 0 aliphatic carbocycles. The van der Waals surface area contributed by atoms with E-state index < -0.39 is 0 Å². The van der Waals surface area contributed by atoms with Gasteiger partial charge in [0.25, 0.3) is 0 Å². The SMILES string of the molecule is CCc1ccccc1NC(=O)Cc1coc2ccc(C)cc12. The van der Waals surface area contributed by atoms with Crippen molar-refractivity contribution in [1.29, 1.82) is 0 Å². The van der Waals surface area contributed by atoms with E-state index in [4.69, 9.17) is 4.42 Å². The van der Waals surface area contributed by atoms with Crippen LogP contribution < -0.4 is 5.32 Å². The molecule has 0 fully saturated rings. The van der Waals surface area contributed by atoms with Crippen molar-refractivity contribution < 1.29 is 9.21 Å². The predicted molar refractivity (Wildman–Crippen MR) is 89.1 cm³/mol. The smallest absolute Gasteiger partial charge is 0.228 e. The molecule has 0 saturated carbocycles. The van der Waals surface area contributed by atoms with Crippen LogP contribution in [0.4, 0.5) is 5.69 Å². The van der Waals surface area contributed by atoms with E-state index in [1.807, 2.05) is 43.3 Å². The van der Waals surface area contributed by atoms with E-state index in [1.54, 1.807) is 6.26 Å². The third-order valence-electron chi connectivity index (χ3n) is 3.83. The lowest BCUT2D eigenvalue weighted by Crippen LogP contribution is -2.15. The summed E-state index contributed by atoms with van der Waals surface area (Å²) >= 11 is 0. The van der Waals surface area contributed by atoms with Gasteiger partial charge in [-0.1, -0.05) is 36.8 Å². The molecular formula is C19H19NO2. The minimum atomic E-state index is -0.0230. The molecule has 0 bridgehead atoms. The number of aryl methyl sites for hydroxylation is 2. The lowest BCUT2D eigenvalue weighted by molar-refractivity contribution is -0.115. The largest absolute Gasteiger partial charge is 0.464 e. The number of anilines is 1. The first-order valence-corrected chi connectivity index (χ1v) is 7.52. The molecule has 3 rings (SSSR count). The molecule has 2 aromatic carbocycles. The highest BCUT2D eigenvalue weighted by Crippen LogP contribution is 2.23. The molecule has 1 heterocycles. The number of rotatable bonds is 4. The molecule has 3 heteroatoms. The van der Waals surface area contributed by atoms with Crippen LogP contribution in [-0.4, -0.2) is 5.91 Å². The second kappa shape index (κ2) is 6.06. The summed E-state index contributed by atoms with van der Waals surface area (Å²) in [5.74, 6) is -0.0230. The van der Waals surface area contributed by atoms with Gasteiger partial charge in [0.05, 0.1) is 12.7 Å². The van der Waals surface area contributed by atoms with Crippen molar-refractivity contribution in [2.24, 2.45) is 0 Å². The van der Waals surface area contributed by atoms with E-state index >= 15 is 0 Å². The zero-order chi connectivity index (χ0) is 15.5. The van der Waals surface area contributed by atoms with Gasteiger partial charge in [-0.05, 0) is 37.1 Å². The zero-order valence-electron chi connectivity index (χ0n) is 12.8. The molecule has 112 valence electrons. The van der Waals surface area contributed by atoms with Gasteiger partial charge < -0.3 is 9.73 Å². The van der Waals surface area contributed by atoms with Gasteiger partial charge in [-0.25, -0.2) is 0 Å². The first-order valence-electron chi connectivity index (χ1n) is 7.52. The quantitative estimate of drug-likeness (QED) is 0.770. The maximum atomic E-state index is 12.3. The zero-order valence-corrected chi connectivity index (χ0v) is 12.8. The van der Waals surface area contributed by atoms with Crippen molar-refractivity contribution in [3.05, 3.63) is 65.4 Å². The third-order valence-corrected chi connectivity index (χ3v) is 3.83. The van der Waals surface area contributed by atoms with E-state index in [9.17, 15) is 4.79 Å². The van der Waals surface area contributed by atoms with E-state index in [0.29, 0.717) is 6.42 Å². The molecule has 3 aromatic rings. The maximum Gasteiger partial charge on any atom is 0.228 e. The Kier molecular flexibility index (Phi) is 3.96. The van der Waals surface area contributed by atoms with Crippen LogP contribution in [0.25, 0.3) is 11.0 Å². The number of carbonyl (C=O) groups excluding carboxylic acids is 1. The van der Waals surface area contributed by atoms with E-state index in [1.165, 1.54) is 0 Å². The van der Waals surface area contributed by atoms with Crippen molar-refractivity contribution in [2.75, 3.05) is 5.32 Å². The number of amides is 1. The summed E-state index contributed by atoms with van der Waals surface area (Å²) in [5.41, 5.74) is 4.93. The second-order valence-electron chi connectivity index (χ2n) is 5.50. The van der Waals surface area contributed by atoms with Gasteiger partial charge in [0.15, 0.2) is 0 Å². The molecule has 22 heavy (non-hydrogen) atoms. The number of para-hydroxylation sites is 1. The number of fused-ring (bicyclic) bond motifs is 1. The Morgan fingerprint density at radius 2 is 1.95 bits per heavy atom. The van der Waals surface area contributed by atoms with Gasteiger partial charge >= 0.3 is 0 Å². The molecule has 1 aromatic heterocycles. The summed E-state index contributed by atoms with van der Waals surface area (Å²) in [6.45, 7) is 4.12. The van der Waals surface area contributed by atoms with E-state index in [0.717, 1.165) is 39.8 Å². The fourth-order valence-electron chi connectivity index (χ4n) is 2.65. The first-order chi connectivity index (χ1) is 10.7.